The Morgan fingerprint density at radius 3 is 2.11 bits per heavy atom. The van der Waals surface area contributed by atoms with Crippen LogP contribution in [0.25, 0.3) is 11.5 Å². The molecule has 0 saturated heterocycles. The first kappa shape index (κ1) is 11.3. The Balaban J connectivity index is 2.30. The maximum absolute atomic E-state index is 12.1. The quantitative estimate of drug-likeness (QED) is 0.619. The van der Waals surface area contributed by atoms with Crippen LogP contribution < -0.4 is 4.57 Å². The van der Waals surface area contributed by atoms with Gasteiger partial charge in [-0.05, 0) is 0 Å². The van der Waals surface area contributed by atoms with E-state index in [0.717, 1.165) is 0 Å². The van der Waals surface area contributed by atoms with Gasteiger partial charge in [0.2, 0.25) is 11.5 Å². The summed E-state index contributed by atoms with van der Waals surface area (Å²) in [6, 6.07) is 11.8. The van der Waals surface area contributed by atoms with E-state index in [-0.39, 0.29) is 17.0 Å². The second kappa shape index (κ2) is 4.17. The molecule has 0 unspecified atom stereocenters. The summed E-state index contributed by atoms with van der Waals surface area (Å²) < 4.78 is 1.45. The minimum absolute atomic E-state index is 0.00991. The van der Waals surface area contributed by atoms with Crippen LogP contribution in [0.15, 0.2) is 54.9 Å². The molecule has 4 heteroatoms. The van der Waals surface area contributed by atoms with Crippen LogP contribution in [0.5, 0.6) is 0 Å². The molecule has 0 aliphatic heterocycles. The van der Waals surface area contributed by atoms with Crippen molar-refractivity contribution in [3.63, 3.8) is 0 Å². The lowest BCUT2D eigenvalue weighted by molar-refractivity contribution is -0.577. The molecule has 0 amide bonds. The predicted octanol–water partition coefficient (Wildman–Crippen LogP) is 1.62. The fourth-order valence-corrected chi connectivity index (χ4v) is 2.14. The van der Waals surface area contributed by atoms with Gasteiger partial charge in [0.1, 0.15) is 0 Å². The molecule has 0 atom stereocenters. The number of aromatic nitrogens is 1. The molecular weight excluding hydrogens is 242 g/mol. The minimum Gasteiger partial charge on any atom is -0.502 e. The van der Waals surface area contributed by atoms with Crippen molar-refractivity contribution in [2.45, 2.75) is 0 Å². The van der Waals surface area contributed by atoms with Crippen LogP contribution in [0.1, 0.15) is 15.9 Å². The van der Waals surface area contributed by atoms with E-state index in [4.69, 9.17) is 0 Å². The average Bonchev–Trinajstić information content (AvgIpc) is 2.46. The molecule has 92 valence electrons. The predicted molar refractivity (Wildman–Crippen MR) is 68.2 cm³/mol. The Labute approximate surface area is 109 Å². The van der Waals surface area contributed by atoms with Crippen LogP contribution in [-0.2, 0) is 4.79 Å². The summed E-state index contributed by atoms with van der Waals surface area (Å²) in [6.07, 6.45) is 3.23. The molecule has 0 spiro atoms. The highest BCUT2D eigenvalue weighted by molar-refractivity contribution is 6.59. The standard InChI is InChI=1S/C15H9NO3/c17-13-10-6-2-3-7-11(10)14(18)15(19)12(13)16-8-4-1-5-9-16/h1-9H/p+1. The average molecular weight is 252 g/mol. The number of rotatable bonds is 1. The number of carbonyl (C=O) groups is 2. The first-order chi connectivity index (χ1) is 9.20. The lowest BCUT2D eigenvalue weighted by Gasteiger charge is -2.13. The van der Waals surface area contributed by atoms with Crippen molar-refractivity contribution in [2.75, 3.05) is 0 Å². The SMILES string of the molecule is O=C1C(=O)c2ccccc2C(O)=C1[n+]1ccccc1. The van der Waals surface area contributed by atoms with E-state index in [0.29, 0.717) is 5.56 Å². The van der Waals surface area contributed by atoms with Crippen molar-refractivity contribution < 1.29 is 19.3 Å². The number of aliphatic hydroxyl groups is 1. The molecule has 1 aliphatic carbocycles. The number of fused-ring (bicyclic) bond motifs is 1. The number of nitrogens with zero attached hydrogens (tertiary/aromatic N) is 1. The van der Waals surface area contributed by atoms with E-state index >= 15 is 0 Å². The maximum Gasteiger partial charge on any atom is 0.305 e. The second-order valence-electron chi connectivity index (χ2n) is 4.18. The van der Waals surface area contributed by atoms with Gasteiger partial charge < -0.3 is 5.11 Å². The lowest BCUT2D eigenvalue weighted by atomic mass is 9.91. The maximum atomic E-state index is 12.1. The molecule has 0 bridgehead atoms. The molecule has 1 aliphatic rings. The van der Waals surface area contributed by atoms with Gasteiger partial charge in [0.15, 0.2) is 12.4 Å². The van der Waals surface area contributed by atoms with Gasteiger partial charge in [-0.25, -0.2) is 0 Å². The van der Waals surface area contributed by atoms with E-state index in [2.05, 4.69) is 0 Å². The number of ketones is 2. The Morgan fingerprint density at radius 2 is 1.42 bits per heavy atom. The van der Waals surface area contributed by atoms with E-state index in [1.165, 1.54) is 10.6 Å². The number of aliphatic hydroxyl groups excluding tert-OH is 1. The number of Topliss-reactive ketones (excluding diaryl/α,β-unsaturated/α-hetero) is 2. The Bertz CT molecular complexity index is 717. The van der Waals surface area contributed by atoms with Crippen molar-refractivity contribution >= 4 is 23.0 Å². The second-order valence-corrected chi connectivity index (χ2v) is 4.18. The van der Waals surface area contributed by atoms with Crippen LogP contribution in [-0.4, -0.2) is 16.7 Å². The molecule has 19 heavy (non-hydrogen) atoms. The third-order valence-corrected chi connectivity index (χ3v) is 3.05. The van der Waals surface area contributed by atoms with Crippen LogP contribution in [0.2, 0.25) is 0 Å². The van der Waals surface area contributed by atoms with Gasteiger partial charge in [0.25, 0.3) is 0 Å². The molecule has 1 heterocycles. The smallest absolute Gasteiger partial charge is 0.305 e. The molecule has 0 fully saturated rings. The van der Waals surface area contributed by atoms with Gasteiger partial charge in [0, 0.05) is 23.3 Å². The third-order valence-electron chi connectivity index (χ3n) is 3.05. The molecule has 0 radical (unpaired) electrons. The summed E-state index contributed by atoms with van der Waals surface area (Å²) in [4.78, 5) is 24.1. The van der Waals surface area contributed by atoms with Gasteiger partial charge in [-0.2, -0.15) is 4.57 Å². The van der Waals surface area contributed by atoms with E-state index < -0.39 is 11.6 Å². The van der Waals surface area contributed by atoms with Crippen LogP contribution in [0, 0.1) is 0 Å². The fraction of sp³-hybridized carbons (Fsp3) is 0. The molecular formula is C15H10NO3+. The van der Waals surface area contributed by atoms with Gasteiger partial charge in [-0.1, -0.05) is 30.3 Å². The molecule has 0 saturated carbocycles. The summed E-state index contributed by atoms with van der Waals surface area (Å²) in [5.41, 5.74) is 0.619. The first-order valence-electron chi connectivity index (χ1n) is 5.78. The van der Waals surface area contributed by atoms with Crippen molar-refractivity contribution in [3.8, 4) is 0 Å². The van der Waals surface area contributed by atoms with Gasteiger partial charge >= 0.3 is 11.5 Å². The topological polar surface area (TPSA) is 58.3 Å². The van der Waals surface area contributed by atoms with Gasteiger partial charge in [-0.3, -0.25) is 9.59 Å². The molecule has 2 aromatic rings. The van der Waals surface area contributed by atoms with Crippen molar-refractivity contribution in [1.82, 2.24) is 0 Å². The largest absolute Gasteiger partial charge is 0.502 e. The number of allylic oxidation sites excluding steroid dienone is 1. The number of hydrogen-bond acceptors (Lipinski definition) is 3. The zero-order valence-electron chi connectivity index (χ0n) is 9.91. The van der Waals surface area contributed by atoms with Gasteiger partial charge in [-0.15, -0.1) is 0 Å². The Morgan fingerprint density at radius 1 is 0.789 bits per heavy atom. The summed E-state index contributed by atoms with van der Waals surface area (Å²) in [6.45, 7) is 0. The molecule has 4 nitrogen and oxygen atoms in total. The van der Waals surface area contributed by atoms with E-state index in [9.17, 15) is 14.7 Å². The van der Waals surface area contributed by atoms with Crippen molar-refractivity contribution in [3.05, 3.63) is 66.0 Å². The minimum atomic E-state index is -0.701. The summed E-state index contributed by atoms with van der Waals surface area (Å²) >= 11 is 0. The highest BCUT2D eigenvalue weighted by atomic mass is 16.3. The number of benzene rings is 1. The van der Waals surface area contributed by atoms with E-state index in [1.807, 2.05) is 0 Å². The summed E-state index contributed by atoms with van der Waals surface area (Å²) in [5, 5.41) is 10.2. The first-order valence-corrected chi connectivity index (χ1v) is 5.78. The zero-order chi connectivity index (χ0) is 13.4. The van der Waals surface area contributed by atoms with Crippen molar-refractivity contribution in [2.24, 2.45) is 0 Å². The number of carbonyl (C=O) groups excluding carboxylic acids is 2. The lowest BCUT2D eigenvalue weighted by Crippen LogP contribution is -2.41. The van der Waals surface area contributed by atoms with Crippen molar-refractivity contribution in [1.29, 1.82) is 0 Å². The Kier molecular flexibility index (Phi) is 2.49. The van der Waals surface area contributed by atoms with E-state index in [1.54, 1.807) is 48.8 Å². The zero-order valence-corrected chi connectivity index (χ0v) is 9.91. The highest BCUT2D eigenvalue weighted by Crippen LogP contribution is 2.27. The van der Waals surface area contributed by atoms with Gasteiger partial charge in [0.05, 0.1) is 0 Å². The third kappa shape index (κ3) is 1.65. The molecule has 1 aromatic carbocycles. The fourth-order valence-electron chi connectivity index (χ4n) is 2.14. The monoisotopic (exact) mass is 252 g/mol. The van der Waals surface area contributed by atoms with Crippen LogP contribution >= 0.6 is 0 Å². The number of hydrogen-bond donors (Lipinski definition) is 1. The number of pyridine rings is 1. The van der Waals surface area contributed by atoms with Crippen LogP contribution in [0.3, 0.4) is 0 Å². The highest BCUT2D eigenvalue weighted by Gasteiger charge is 2.38. The normalized spacial score (nSPS) is 14.5. The molecule has 1 N–H and O–H groups in total. The molecule has 1 aromatic heterocycles. The summed E-state index contributed by atoms with van der Waals surface area (Å²) in [7, 11) is 0. The molecule has 3 rings (SSSR count). The van der Waals surface area contributed by atoms with Crippen LogP contribution in [0.4, 0.5) is 0 Å². The summed E-state index contributed by atoms with van der Waals surface area (Å²) in [5.74, 6) is -1.47. The Hall–Kier alpha value is -2.75.